The number of pyridine rings is 1. The van der Waals surface area contributed by atoms with E-state index in [1.165, 1.54) is 10.9 Å². The Morgan fingerprint density at radius 2 is 1.87 bits per heavy atom. The molecular formula is C26H28N3OS+. The molecule has 0 aliphatic carbocycles. The van der Waals surface area contributed by atoms with Gasteiger partial charge in [0.25, 0.3) is 5.56 Å². The number of nitrogens with zero attached hydrogens (tertiary/aromatic N) is 3. The van der Waals surface area contributed by atoms with Gasteiger partial charge in [-0.25, -0.2) is 0 Å². The van der Waals surface area contributed by atoms with Gasteiger partial charge in [0, 0.05) is 37.1 Å². The minimum atomic E-state index is 0.0674. The first-order valence-corrected chi connectivity index (χ1v) is 11.6. The Kier molecular flexibility index (Phi) is 6.33. The van der Waals surface area contributed by atoms with E-state index in [2.05, 4.69) is 78.2 Å². The zero-order valence-corrected chi connectivity index (χ0v) is 19.1. The summed E-state index contributed by atoms with van der Waals surface area (Å²) in [6.45, 7) is 8.75. The number of aryl methyl sites for hydroxylation is 1. The van der Waals surface area contributed by atoms with E-state index in [1.807, 2.05) is 35.8 Å². The molecule has 0 saturated carbocycles. The van der Waals surface area contributed by atoms with Crippen LogP contribution in [0.25, 0.3) is 23.1 Å². The summed E-state index contributed by atoms with van der Waals surface area (Å²) in [4.78, 5) is 15.2. The van der Waals surface area contributed by atoms with Gasteiger partial charge in [0.05, 0.1) is 14.6 Å². The number of benzene rings is 1. The Bertz CT molecular complexity index is 1370. The Hall–Kier alpha value is -3.18. The number of likely N-dealkylation sites (N-methyl/N-ethyl adjacent to an activating group) is 1. The van der Waals surface area contributed by atoms with Crippen LogP contribution in [0, 0.1) is 0 Å². The van der Waals surface area contributed by atoms with Crippen molar-refractivity contribution in [3.63, 3.8) is 0 Å². The SMILES string of the molecule is CCN1C=CC=C/C1=C\C=c1/s/c(=C\c2cc[n+](CC)c3ccccc23)n(CC)c1=O. The number of hydrogen-bond donors (Lipinski definition) is 0. The number of aromatic nitrogens is 2. The molecule has 1 aliphatic rings. The van der Waals surface area contributed by atoms with Crippen LogP contribution >= 0.6 is 11.3 Å². The van der Waals surface area contributed by atoms with Crippen molar-refractivity contribution < 1.29 is 4.57 Å². The van der Waals surface area contributed by atoms with Crippen LogP contribution in [0.15, 0.2) is 77.5 Å². The van der Waals surface area contributed by atoms with Crippen LogP contribution in [-0.2, 0) is 13.1 Å². The summed E-state index contributed by atoms with van der Waals surface area (Å²) in [5.74, 6) is 0. The van der Waals surface area contributed by atoms with Gasteiger partial charge in [-0.2, -0.15) is 4.57 Å². The maximum atomic E-state index is 13.0. The van der Waals surface area contributed by atoms with Gasteiger partial charge in [-0.15, -0.1) is 11.3 Å². The molecule has 0 N–H and O–H groups in total. The van der Waals surface area contributed by atoms with E-state index >= 15 is 0 Å². The molecule has 0 amide bonds. The van der Waals surface area contributed by atoms with Crippen LogP contribution in [0.1, 0.15) is 26.3 Å². The van der Waals surface area contributed by atoms with Gasteiger partial charge < -0.3 is 4.90 Å². The van der Waals surface area contributed by atoms with E-state index in [1.54, 1.807) is 11.3 Å². The minimum Gasteiger partial charge on any atom is -0.348 e. The fourth-order valence-corrected chi connectivity index (χ4v) is 4.96. The predicted octanol–water partition coefficient (Wildman–Crippen LogP) is 3.29. The first kappa shape index (κ1) is 21.1. The molecule has 3 aromatic rings. The van der Waals surface area contributed by atoms with Crippen molar-refractivity contribution in [2.75, 3.05) is 6.54 Å². The van der Waals surface area contributed by atoms with Crippen LogP contribution in [0.2, 0.25) is 0 Å². The van der Waals surface area contributed by atoms with Crippen molar-refractivity contribution in [3.05, 3.63) is 97.8 Å². The second-order valence-corrected chi connectivity index (χ2v) is 8.38. The lowest BCUT2D eigenvalue weighted by Crippen LogP contribution is -2.33. The molecule has 0 saturated heterocycles. The lowest BCUT2D eigenvalue weighted by atomic mass is 10.1. The molecule has 4 nitrogen and oxygen atoms in total. The van der Waals surface area contributed by atoms with Gasteiger partial charge >= 0.3 is 0 Å². The molecule has 0 spiro atoms. The standard InChI is InChI=1S/C26H28N3OS/c1-4-27-17-10-9-11-21(27)14-15-24-26(30)29(6-3)25(31-24)19-20-16-18-28(5-2)23-13-8-7-12-22(20)23/h7-19H,4-6H2,1-3H3/q+1/b21-14+,24-15-. The maximum Gasteiger partial charge on any atom is 0.269 e. The van der Waals surface area contributed by atoms with Gasteiger partial charge in [0.15, 0.2) is 6.20 Å². The Morgan fingerprint density at radius 1 is 1.03 bits per heavy atom. The Morgan fingerprint density at radius 3 is 2.65 bits per heavy atom. The molecular weight excluding hydrogens is 402 g/mol. The van der Waals surface area contributed by atoms with Crippen molar-refractivity contribution in [3.8, 4) is 0 Å². The molecule has 4 rings (SSSR count). The lowest BCUT2D eigenvalue weighted by Gasteiger charge is -2.21. The summed E-state index contributed by atoms with van der Waals surface area (Å²) in [6.07, 6.45) is 16.4. The Balaban J connectivity index is 1.86. The molecule has 0 atom stereocenters. The Labute approximate surface area is 186 Å². The molecule has 5 heteroatoms. The van der Waals surface area contributed by atoms with Gasteiger partial charge in [-0.3, -0.25) is 9.36 Å². The molecule has 3 heterocycles. The summed E-state index contributed by atoms with van der Waals surface area (Å²) in [5, 5.41) is 1.20. The van der Waals surface area contributed by atoms with Gasteiger partial charge in [-0.05, 0) is 62.8 Å². The summed E-state index contributed by atoms with van der Waals surface area (Å²) in [7, 11) is 0. The normalized spacial score (nSPS) is 16.2. The molecule has 0 fully saturated rings. The van der Waals surface area contributed by atoms with E-state index in [0.717, 1.165) is 33.5 Å². The van der Waals surface area contributed by atoms with Crippen LogP contribution in [0.4, 0.5) is 0 Å². The molecule has 1 aliphatic heterocycles. The maximum absolute atomic E-state index is 13.0. The number of rotatable bonds is 5. The van der Waals surface area contributed by atoms with Gasteiger partial charge in [0.2, 0.25) is 5.52 Å². The molecule has 0 unspecified atom stereocenters. The van der Waals surface area contributed by atoms with E-state index in [4.69, 9.17) is 0 Å². The average Bonchev–Trinajstić information content (AvgIpc) is 3.11. The highest BCUT2D eigenvalue weighted by molar-refractivity contribution is 7.07. The number of para-hydroxylation sites is 1. The number of fused-ring (bicyclic) bond motifs is 1. The molecule has 31 heavy (non-hydrogen) atoms. The van der Waals surface area contributed by atoms with Crippen LogP contribution in [0.5, 0.6) is 0 Å². The van der Waals surface area contributed by atoms with E-state index in [-0.39, 0.29) is 5.56 Å². The van der Waals surface area contributed by atoms with Crippen molar-refractivity contribution >= 4 is 34.4 Å². The van der Waals surface area contributed by atoms with Crippen molar-refractivity contribution in [2.45, 2.75) is 33.9 Å². The third-order valence-electron chi connectivity index (χ3n) is 5.55. The zero-order valence-electron chi connectivity index (χ0n) is 18.3. The fourth-order valence-electron chi connectivity index (χ4n) is 3.89. The largest absolute Gasteiger partial charge is 0.348 e. The molecule has 1 aromatic carbocycles. The van der Waals surface area contributed by atoms with E-state index in [0.29, 0.717) is 6.54 Å². The second-order valence-electron chi connectivity index (χ2n) is 7.32. The first-order chi connectivity index (χ1) is 15.2. The second kappa shape index (κ2) is 9.31. The predicted molar refractivity (Wildman–Crippen MR) is 130 cm³/mol. The van der Waals surface area contributed by atoms with E-state index in [9.17, 15) is 4.79 Å². The van der Waals surface area contributed by atoms with Crippen LogP contribution in [-0.4, -0.2) is 16.0 Å². The number of hydrogen-bond acceptors (Lipinski definition) is 3. The quantitative estimate of drug-likeness (QED) is 0.582. The fraction of sp³-hybridized carbons (Fsp3) is 0.231. The number of allylic oxidation sites excluding steroid dienone is 4. The zero-order chi connectivity index (χ0) is 21.8. The van der Waals surface area contributed by atoms with Crippen molar-refractivity contribution in [1.29, 1.82) is 0 Å². The van der Waals surface area contributed by atoms with Crippen LogP contribution in [0.3, 0.4) is 0 Å². The number of thiazole rings is 1. The topological polar surface area (TPSA) is 29.1 Å². The van der Waals surface area contributed by atoms with Gasteiger partial charge in [0.1, 0.15) is 6.54 Å². The van der Waals surface area contributed by atoms with Crippen LogP contribution < -0.4 is 19.3 Å². The molecule has 2 aromatic heterocycles. The summed E-state index contributed by atoms with van der Waals surface area (Å²) >= 11 is 1.55. The summed E-state index contributed by atoms with van der Waals surface area (Å²) in [6, 6.07) is 10.6. The molecule has 158 valence electrons. The third kappa shape index (κ3) is 4.19. The minimum absolute atomic E-state index is 0.0674. The highest BCUT2D eigenvalue weighted by Crippen LogP contribution is 2.16. The molecule has 0 radical (unpaired) electrons. The highest BCUT2D eigenvalue weighted by atomic mass is 32.1. The monoisotopic (exact) mass is 430 g/mol. The summed E-state index contributed by atoms with van der Waals surface area (Å²) < 4.78 is 5.83. The lowest BCUT2D eigenvalue weighted by molar-refractivity contribution is -0.667. The average molecular weight is 431 g/mol. The summed E-state index contributed by atoms with van der Waals surface area (Å²) in [5.41, 5.74) is 3.49. The van der Waals surface area contributed by atoms with Gasteiger partial charge in [-0.1, -0.05) is 18.2 Å². The van der Waals surface area contributed by atoms with Crippen molar-refractivity contribution in [2.24, 2.45) is 0 Å². The third-order valence-corrected chi connectivity index (χ3v) is 6.63. The van der Waals surface area contributed by atoms with Crippen molar-refractivity contribution in [1.82, 2.24) is 9.47 Å². The molecule has 0 bridgehead atoms. The first-order valence-electron chi connectivity index (χ1n) is 10.8. The highest BCUT2D eigenvalue weighted by Gasteiger charge is 2.10. The smallest absolute Gasteiger partial charge is 0.269 e. The van der Waals surface area contributed by atoms with E-state index < -0.39 is 0 Å².